The van der Waals surface area contributed by atoms with Gasteiger partial charge in [-0.2, -0.15) is 4.98 Å². The number of nitrogens with zero attached hydrogens (tertiary/aromatic N) is 3. The molecule has 1 amide bonds. The third-order valence-electron chi connectivity index (χ3n) is 4.41. The summed E-state index contributed by atoms with van der Waals surface area (Å²) in [5, 5.41) is 13.6. The Labute approximate surface area is 158 Å². The Bertz CT molecular complexity index is 916. The van der Waals surface area contributed by atoms with E-state index in [0.717, 1.165) is 16.7 Å². The van der Waals surface area contributed by atoms with Crippen LogP contribution in [0.5, 0.6) is 0 Å². The Hall–Kier alpha value is -2.99. The quantitative estimate of drug-likeness (QED) is 0.719. The molecule has 6 heteroatoms. The third-order valence-corrected chi connectivity index (χ3v) is 4.41. The first-order chi connectivity index (χ1) is 13.0. The molecular weight excluding hydrogens is 342 g/mol. The van der Waals surface area contributed by atoms with Crippen LogP contribution in [0.3, 0.4) is 0 Å². The van der Waals surface area contributed by atoms with Crippen molar-refractivity contribution in [2.45, 2.75) is 33.4 Å². The van der Waals surface area contributed by atoms with Gasteiger partial charge in [0.25, 0.3) is 5.91 Å². The number of aromatic nitrogens is 2. The minimum absolute atomic E-state index is 0.0794. The van der Waals surface area contributed by atoms with Gasteiger partial charge in [-0.15, -0.1) is 0 Å². The molecule has 1 aromatic heterocycles. The lowest BCUT2D eigenvalue weighted by molar-refractivity contribution is 0.0747. The number of aliphatic hydroxyl groups excluding tert-OH is 1. The van der Waals surface area contributed by atoms with Crippen LogP contribution in [0, 0.1) is 6.92 Å². The topological polar surface area (TPSA) is 79.5 Å². The van der Waals surface area contributed by atoms with Crippen LogP contribution >= 0.6 is 0 Å². The van der Waals surface area contributed by atoms with Crippen LogP contribution in [0.25, 0.3) is 11.1 Å². The fourth-order valence-corrected chi connectivity index (χ4v) is 2.87. The molecule has 0 radical (unpaired) electrons. The van der Waals surface area contributed by atoms with E-state index < -0.39 is 6.10 Å². The molecule has 2 aromatic carbocycles. The van der Waals surface area contributed by atoms with Crippen molar-refractivity contribution in [2.24, 2.45) is 0 Å². The molecule has 0 aliphatic carbocycles. The van der Waals surface area contributed by atoms with Crippen molar-refractivity contribution in [3.8, 4) is 11.1 Å². The summed E-state index contributed by atoms with van der Waals surface area (Å²) in [6.07, 6.45) is -0.516. The molecule has 0 bridgehead atoms. The van der Waals surface area contributed by atoms with Crippen LogP contribution < -0.4 is 0 Å². The number of benzene rings is 2. The van der Waals surface area contributed by atoms with Crippen molar-refractivity contribution < 1.29 is 14.4 Å². The summed E-state index contributed by atoms with van der Waals surface area (Å²) in [6.45, 7) is 6.24. The Morgan fingerprint density at radius 3 is 2.52 bits per heavy atom. The molecule has 27 heavy (non-hydrogen) atoms. The standard InChI is InChI=1S/C21H23N3O3/c1-4-24(13-20-22-15(3)27-23-20)21(26)17-10-8-16(9-11-17)19-7-5-6-18(12-19)14(2)25/h5-12,14,25H,4,13H2,1-3H3/t14-/m1/s1. The number of amides is 1. The Morgan fingerprint density at radius 1 is 1.19 bits per heavy atom. The zero-order chi connectivity index (χ0) is 19.4. The van der Waals surface area contributed by atoms with E-state index >= 15 is 0 Å². The number of carbonyl (C=O) groups excluding carboxylic acids is 1. The third kappa shape index (κ3) is 4.41. The second-order valence-electron chi connectivity index (χ2n) is 6.43. The molecule has 0 aliphatic heterocycles. The summed E-state index contributed by atoms with van der Waals surface area (Å²) in [6, 6.07) is 15.2. The largest absolute Gasteiger partial charge is 0.389 e. The van der Waals surface area contributed by atoms with Crippen molar-refractivity contribution in [3.63, 3.8) is 0 Å². The zero-order valence-electron chi connectivity index (χ0n) is 15.7. The molecule has 0 fully saturated rings. The van der Waals surface area contributed by atoms with Gasteiger partial charge in [-0.3, -0.25) is 4.79 Å². The van der Waals surface area contributed by atoms with Crippen LogP contribution in [0.1, 0.15) is 47.6 Å². The number of aryl methyl sites for hydroxylation is 1. The number of carbonyl (C=O) groups is 1. The van der Waals surface area contributed by atoms with E-state index in [2.05, 4.69) is 10.1 Å². The number of hydrogen-bond donors (Lipinski definition) is 1. The number of aliphatic hydroxyl groups is 1. The molecule has 1 heterocycles. The van der Waals surface area contributed by atoms with Crippen LogP contribution in [0.4, 0.5) is 0 Å². The summed E-state index contributed by atoms with van der Waals surface area (Å²) in [7, 11) is 0. The van der Waals surface area contributed by atoms with Crippen LogP contribution in [-0.2, 0) is 6.54 Å². The predicted molar refractivity (Wildman–Crippen MR) is 102 cm³/mol. The van der Waals surface area contributed by atoms with E-state index in [-0.39, 0.29) is 5.91 Å². The minimum Gasteiger partial charge on any atom is -0.389 e. The van der Waals surface area contributed by atoms with E-state index in [9.17, 15) is 9.90 Å². The van der Waals surface area contributed by atoms with Crippen molar-refractivity contribution in [1.29, 1.82) is 0 Å². The first-order valence-electron chi connectivity index (χ1n) is 8.95. The molecular formula is C21H23N3O3. The lowest BCUT2D eigenvalue weighted by Crippen LogP contribution is -2.30. The van der Waals surface area contributed by atoms with Gasteiger partial charge in [-0.1, -0.05) is 35.5 Å². The summed E-state index contributed by atoms with van der Waals surface area (Å²) >= 11 is 0. The predicted octanol–water partition coefficient (Wildman–Crippen LogP) is 3.76. The first kappa shape index (κ1) is 18.8. The van der Waals surface area contributed by atoms with Crippen LogP contribution in [0.15, 0.2) is 53.1 Å². The molecule has 0 saturated heterocycles. The van der Waals surface area contributed by atoms with Crippen molar-refractivity contribution in [3.05, 3.63) is 71.4 Å². The van der Waals surface area contributed by atoms with Crippen LogP contribution in [0.2, 0.25) is 0 Å². The lowest BCUT2D eigenvalue weighted by atomic mass is 10.00. The van der Waals surface area contributed by atoms with Gasteiger partial charge in [0.15, 0.2) is 5.82 Å². The summed E-state index contributed by atoms with van der Waals surface area (Å²) in [5.74, 6) is 0.899. The average Bonchev–Trinajstić information content (AvgIpc) is 3.10. The maximum Gasteiger partial charge on any atom is 0.254 e. The molecule has 0 aliphatic rings. The van der Waals surface area contributed by atoms with Gasteiger partial charge in [0.1, 0.15) is 0 Å². The highest BCUT2D eigenvalue weighted by atomic mass is 16.5. The maximum atomic E-state index is 12.8. The van der Waals surface area contributed by atoms with Gasteiger partial charge < -0.3 is 14.5 Å². The van der Waals surface area contributed by atoms with Gasteiger partial charge in [-0.05, 0) is 48.7 Å². The molecule has 0 unspecified atom stereocenters. The molecule has 1 atom stereocenters. The Morgan fingerprint density at radius 2 is 1.93 bits per heavy atom. The van der Waals surface area contributed by atoms with Gasteiger partial charge in [0.05, 0.1) is 12.6 Å². The highest BCUT2D eigenvalue weighted by Crippen LogP contribution is 2.24. The fourth-order valence-electron chi connectivity index (χ4n) is 2.87. The number of rotatable bonds is 6. The SMILES string of the molecule is CCN(Cc1noc(C)n1)C(=O)c1ccc(-c2cccc([C@@H](C)O)c2)cc1. The minimum atomic E-state index is -0.516. The molecule has 140 valence electrons. The van der Waals surface area contributed by atoms with E-state index in [0.29, 0.717) is 30.4 Å². The van der Waals surface area contributed by atoms with Crippen molar-refractivity contribution >= 4 is 5.91 Å². The normalized spacial score (nSPS) is 12.0. The zero-order valence-corrected chi connectivity index (χ0v) is 15.7. The van der Waals surface area contributed by atoms with Gasteiger partial charge in [-0.25, -0.2) is 0 Å². The van der Waals surface area contributed by atoms with Crippen molar-refractivity contribution in [1.82, 2.24) is 15.0 Å². The monoisotopic (exact) mass is 365 g/mol. The highest BCUT2D eigenvalue weighted by molar-refractivity contribution is 5.94. The van der Waals surface area contributed by atoms with Gasteiger partial charge >= 0.3 is 0 Å². The van der Waals surface area contributed by atoms with E-state index in [1.807, 2.05) is 55.5 Å². The lowest BCUT2D eigenvalue weighted by Gasteiger charge is -2.19. The van der Waals surface area contributed by atoms with E-state index in [1.54, 1.807) is 18.7 Å². The molecule has 1 N–H and O–H groups in total. The van der Waals surface area contributed by atoms with E-state index in [4.69, 9.17) is 4.52 Å². The highest BCUT2D eigenvalue weighted by Gasteiger charge is 2.17. The smallest absolute Gasteiger partial charge is 0.254 e. The van der Waals surface area contributed by atoms with Gasteiger partial charge in [0, 0.05) is 19.0 Å². The number of hydrogen-bond acceptors (Lipinski definition) is 5. The van der Waals surface area contributed by atoms with Crippen molar-refractivity contribution in [2.75, 3.05) is 6.54 Å². The Kier molecular flexibility index (Phi) is 5.66. The van der Waals surface area contributed by atoms with Crippen LogP contribution in [-0.4, -0.2) is 32.6 Å². The molecule has 3 rings (SSSR count). The second kappa shape index (κ2) is 8.14. The summed E-state index contributed by atoms with van der Waals surface area (Å²) < 4.78 is 4.97. The summed E-state index contributed by atoms with van der Waals surface area (Å²) in [5.41, 5.74) is 3.46. The molecule has 6 nitrogen and oxygen atoms in total. The summed E-state index contributed by atoms with van der Waals surface area (Å²) in [4.78, 5) is 18.6. The second-order valence-corrected chi connectivity index (χ2v) is 6.43. The maximum absolute atomic E-state index is 12.8. The molecule has 0 saturated carbocycles. The van der Waals surface area contributed by atoms with E-state index in [1.165, 1.54) is 0 Å². The first-order valence-corrected chi connectivity index (χ1v) is 8.95. The Balaban J connectivity index is 1.77. The fraction of sp³-hybridized carbons (Fsp3) is 0.286. The molecule has 0 spiro atoms. The van der Waals surface area contributed by atoms with Gasteiger partial charge in [0.2, 0.25) is 5.89 Å². The average molecular weight is 365 g/mol. The molecule has 3 aromatic rings.